The molecule has 1 aliphatic heterocycles. The van der Waals surface area contributed by atoms with Gasteiger partial charge >= 0.3 is 12.1 Å². The highest BCUT2D eigenvalue weighted by Crippen LogP contribution is 2.33. The lowest BCUT2D eigenvalue weighted by Gasteiger charge is -2.33. The molecule has 0 radical (unpaired) electrons. The molecule has 1 atom stereocenters. The zero-order chi connectivity index (χ0) is 19.8. The van der Waals surface area contributed by atoms with Crippen LogP contribution in [-0.2, 0) is 6.18 Å². The van der Waals surface area contributed by atoms with Crippen LogP contribution in [0.5, 0.6) is 0 Å². The molecule has 1 N–H and O–H groups in total. The van der Waals surface area contributed by atoms with Crippen LogP contribution in [0.25, 0.3) is 5.69 Å². The Morgan fingerprint density at radius 1 is 1.19 bits per heavy atom. The van der Waals surface area contributed by atoms with Crippen LogP contribution >= 0.6 is 0 Å². The van der Waals surface area contributed by atoms with Gasteiger partial charge in [0.15, 0.2) is 5.69 Å². The van der Waals surface area contributed by atoms with E-state index >= 15 is 0 Å². The Morgan fingerprint density at radius 3 is 2.41 bits per heavy atom. The molecule has 6 nitrogen and oxygen atoms in total. The number of carboxylic acids is 1. The van der Waals surface area contributed by atoms with Gasteiger partial charge in [-0.1, -0.05) is 0 Å². The van der Waals surface area contributed by atoms with E-state index in [0.29, 0.717) is 23.0 Å². The molecule has 1 aliphatic rings. The molecule has 1 aromatic heterocycles. The van der Waals surface area contributed by atoms with Gasteiger partial charge in [-0.15, -0.1) is 0 Å². The fraction of sp³-hybridized carbons (Fsp3) is 0.389. The molecule has 2 heterocycles. The van der Waals surface area contributed by atoms with Crippen LogP contribution in [0.1, 0.15) is 52.6 Å². The fourth-order valence-electron chi connectivity index (χ4n) is 3.28. The average molecular weight is 381 g/mol. The molecule has 1 fully saturated rings. The molecule has 144 valence electrons. The van der Waals surface area contributed by atoms with Gasteiger partial charge < -0.3 is 10.0 Å². The number of piperidine rings is 1. The minimum Gasteiger partial charge on any atom is -0.478 e. The van der Waals surface area contributed by atoms with E-state index in [9.17, 15) is 22.8 Å². The SMILES string of the molecule is CC1CCCCN1C(=O)c1ccc(-n2ncc(C(=O)O)c2C(F)(F)F)cc1. The topological polar surface area (TPSA) is 75.4 Å². The summed E-state index contributed by atoms with van der Waals surface area (Å²) >= 11 is 0. The first kappa shape index (κ1) is 18.9. The minimum atomic E-state index is -4.89. The van der Waals surface area contributed by atoms with Crippen molar-refractivity contribution in [1.82, 2.24) is 14.7 Å². The summed E-state index contributed by atoms with van der Waals surface area (Å²) in [5.41, 5.74) is -1.90. The van der Waals surface area contributed by atoms with Gasteiger partial charge in [-0.2, -0.15) is 18.3 Å². The number of amides is 1. The van der Waals surface area contributed by atoms with E-state index < -0.39 is 23.4 Å². The second-order valence-electron chi connectivity index (χ2n) is 6.51. The second kappa shape index (κ2) is 7.05. The average Bonchev–Trinajstić information content (AvgIpc) is 3.07. The summed E-state index contributed by atoms with van der Waals surface area (Å²) in [5, 5.41) is 12.5. The largest absolute Gasteiger partial charge is 0.478 e. The van der Waals surface area contributed by atoms with Gasteiger partial charge in [-0.05, 0) is 50.5 Å². The van der Waals surface area contributed by atoms with Crippen molar-refractivity contribution >= 4 is 11.9 Å². The number of hydrogen-bond acceptors (Lipinski definition) is 3. The summed E-state index contributed by atoms with van der Waals surface area (Å²) in [6.07, 6.45) is -1.31. The van der Waals surface area contributed by atoms with Crippen molar-refractivity contribution in [2.45, 2.75) is 38.4 Å². The molecule has 27 heavy (non-hydrogen) atoms. The van der Waals surface area contributed by atoms with E-state index in [2.05, 4.69) is 5.10 Å². The lowest BCUT2D eigenvalue weighted by molar-refractivity contribution is -0.143. The predicted octanol–water partition coefficient (Wildman–Crippen LogP) is 3.60. The number of aromatic carboxylic acids is 1. The first-order valence-corrected chi connectivity index (χ1v) is 8.50. The number of carboxylic acid groups (broad SMARTS) is 1. The summed E-state index contributed by atoms with van der Waals surface area (Å²) in [4.78, 5) is 25.4. The number of nitrogens with zero attached hydrogens (tertiary/aromatic N) is 3. The van der Waals surface area contributed by atoms with Crippen LogP contribution < -0.4 is 0 Å². The van der Waals surface area contributed by atoms with Gasteiger partial charge in [0.2, 0.25) is 0 Å². The quantitative estimate of drug-likeness (QED) is 0.881. The third-order valence-electron chi connectivity index (χ3n) is 4.69. The Bertz CT molecular complexity index is 859. The highest BCUT2D eigenvalue weighted by atomic mass is 19.4. The molecule has 0 saturated carbocycles. The van der Waals surface area contributed by atoms with Crippen molar-refractivity contribution in [2.75, 3.05) is 6.54 Å². The van der Waals surface area contributed by atoms with Crippen LogP contribution in [0, 0.1) is 0 Å². The summed E-state index contributed by atoms with van der Waals surface area (Å²) in [5.74, 6) is -1.88. The van der Waals surface area contributed by atoms with E-state index in [1.54, 1.807) is 4.90 Å². The summed E-state index contributed by atoms with van der Waals surface area (Å²) in [6.45, 7) is 2.62. The molecular formula is C18H18F3N3O3. The monoisotopic (exact) mass is 381 g/mol. The number of likely N-dealkylation sites (tertiary alicyclic amines) is 1. The molecule has 1 amide bonds. The Balaban J connectivity index is 1.92. The lowest BCUT2D eigenvalue weighted by Crippen LogP contribution is -2.42. The van der Waals surface area contributed by atoms with Crippen molar-refractivity contribution in [3.63, 3.8) is 0 Å². The van der Waals surface area contributed by atoms with E-state index in [-0.39, 0.29) is 17.6 Å². The van der Waals surface area contributed by atoms with Gasteiger partial charge in [-0.25, -0.2) is 9.48 Å². The Hall–Kier alpha value is -2.84. The van der Waals surface area contributed by atoms with Gasteiger partial charge in [0.25, 0.3) is 5.91 Å². The number of alkyl halides is 3. The molecule has 0 spiro atoms. The Kier molecular flexibility index (Phi) is 4.95. The standard InChI is InChI=1S/C18H18F3N3O3/c1-11-4-2-3-9-23(11)16(25)12-5-7-13(8-6-12)24-15(18(19,20)21)14(10-22-24)17(26)27/h5-8,10-11H,2-4,9H2,1H3,(H,26,27). The zero-order valence-electron chi connectivity index (χ0n) is 14.5. The number of carbonyl (C=O) groups excluding carboxylic acids is 1. The molecule has 3 rings (SSSR count). The summed E-state index contributed by atoms with van der Waals surface area (Å²) in [7, 11) is 0. The van der Waals surface area contributed by atoms with Crippen molar-refractivity contribution in [2.24, 2.45) is 0 Å². The fourth-order valence-corrected chi connectivity index (χ4v) is 3.28. The van der Waals surface area contributed by atoms with Crippen LogP contribution in [0.2, 0.25) is 0 Å². The highest BCUT2D eigenvalue weighted by molar-refractivity contribution is 5.94. The zero-order valence-corrected chi connectivity index (χ0v) is 14.5. The molecule has 9 heteroatoms. The summed E-state index contributed by atoms with van der Waals surface area (Å²) < 4.78 is 40.4. The number of halogens is 3. The first-order chi connectivity index (χ1) is 12.7. The van der Waals surface area contributed by atoms with Crippen LogP contribution in [-0.4, -0.2) is 44.3 Å². The summed E-state index contributed by atoms with van der Waals surface area (Å²) in [6, 6.07) is 5.64. The van der Waals surface area contributed by atoms with Gasteiger partial charge in [0.1, 0.15) is 5.56 Å². The molecule has 0 bridgehead atoms. The van der Waals surface area contributed by atoms with E-state index in [0.717, 1.165) is 19.3 Å². The number of hydrogen-bond donors (Lipinski definition) is 1. The van der Waals surface area contributed by atoms with Crippen molar-refractivity contribution in [1.29, 1.82) is 0 Å². The van der Waals surface area contributed by atoms with E-state index in [1.807, 2.05) is 6.92 Å². The third-order valence-corrected chi connectivity index (χ3v) is 4.69. The smallest absolute Gasteiger partial charge is 0.434 e. The minimum absolute atomic E-state index is 0.0260. The van der Waals surface area contributed by atoms with Gasteiger partial charge in [0, 0.05) is 18.2 Å². The number of carbonyl (C=O) groups is 2. The maximum absolute atomic E-state index is 13.3. The predicted molar refractivity (Wildman–Crippen MR) is 89.9 cm³/mol. The maximum Gasteiger partial charge on any atom is 0.434 e. The van der Waals surface area contributed by atoms with Crippen molar-refractivity contribution < 1.29 is 27.9 Å². The second-order valence-corrected chi connectivity index (χ2v) is 6.51. The lowest BCUT2D eigenvalue weighted by atomic mass is 10.0. The van der Waals surface area contributed by atoms with E-state index in [4.69, 9.17) is 5.11 Å². The third kappa shape index (κ3) is 3.67. The van der Waals surface area contributed by atoms with Gasteiger partial charge in [0.05, 0.1) is 11.9 Å². The Morgan fingerprint density at radius 2 is 1.85 bits per heavy atom. The molecule has 2 aromatic rings. The van der Waals surface area contributed by atoms with E-state index in [1.165, 1.54) is 24.3 Å². The molecule has 1 aromatic carbocycles. The van der Waals surface area contributed by atoms with Crippen LogP contribution in [0.3, 0.4) is 0 Å². The molecule has 1 saturated heterocycles. The first-order valence-electron chi connectivity index (χ1n) is 8.50. The van der Waals surface area contributed by atoms with Gasteiger partial charge in [-0.3, -0.25) is 4.79 Å². The van der Waals surface area contributed by atoms with Crippen molar-refractivity contribution in [3.05, 3.63) is 47.3 Å². The number of aromatic nitrogens is 2. The normalized spacial score (nSPS) is 17.8. The van der Waals surface area contributed by atoms with Crippen LogP contribution in [0.4, 0.5) is 13.2 Å². The molecule has 0 aliphatic carbocycles. The number of rotatable bonds is 3. The molecular weight excluding hydrogens is 363 g/mol. The number of benzene rings is 1. The Labute approximate surface area is 153 Å². The molecule has 1 unspecified atom stereocenters. The van der Waals surface area contributed by atoms with Crippen LogP contribution in [0.15, 0.2) is 30.5 Å². The highest BCUT2D eigenvalue weighted by Gasteiger charge is 2.40. The van der Waals surface area contributed by atoms with Crippen molar-refractivity contribution in [3.8, 4) is 5.69 Å². The maximum atomic E-state index is 13.3.